The molecule has 0 aromatic heterocycles. The van der Waals surface area contributed by atoms with Crippen LogP contribution in [0.5, 0.6) is 0 Å². The molecular weight excluding hydrogens is 188 g/mol. The van der Waals surface area contributed by atoms with E-state index in [1.165, 1.54) is 19.4 Å². The lowest BCUT2D eigenvalue weighted by Gasteiger charge is -2.36. The molecule has 0 heterocycles. The maximum absolute atomic E-state index is 5.53. The summed E-state index contributed by atoms with van der Waals surface area (Å²) in [6.07, 6.45) is 2.93. The molecule has 1 fully saturated rings. The van der Waals surface area contributed by atoms with Gasteiger partial charge in [-0.1, -0.05) is 13.8 Å². The second-order valence-corrected chi connectivity index (χ2v) is 4.23. The van der Waals surface area contributed by atoms with Crippen molar-refractivity contribution in [1.82, 2.24) is 10.2 Å². The van der Waals surface area contributed by atoms with E-state index in [2.05, 4.69) is 31.0 Å². The van der Waals surface area contributed by atoms with Crippen LogP contribution in [0, 0.1) is 0 Å². The molecule has 0 amide bonds. The topological polar surface area (TPSA) is 24.5 Å². The number of ether oxygens (including phenoxy) is 1. The molecule has 1 aliphatic rings. The summed E-state index contributed by atoms with van der Waals surface area (Å²) >= 11 is 0. The Morgan fingerprint density at radius 1 is 1.20 bits per heavy atom. The molecule has 0 radical (unpaired) electrons. The highest BCUT2D eigenvalue weighted by Crippen LogP contribution is 2.22. The Labute approximate surface area is 94.2 Å². The Morgan fingerprint density at radius 3 is 2.40 bits per heavy atom. The molecule has 1 aliphatic carbocycles. The molecule has 0 unspecified atom stereocenters. The van der Waals surface area contributed by atoms with Crippen LogP contribution in [0.15, 0.2) is 0 Å². The predicted octanol–water partition coefficient (Wildman–Crippen LogP) is 1.49. The van der Waals surface area contributed by atoms with E-state index in [0.717, 1.165) is 26.2 Å². The quantitative estimate of drug-likeness (QED) is 0.662. The average molecular weight is 214 g/mol. The van der Waals surface area contributed by atoms with Gasteiger partial charge in [0.05, 0.1) is 6.10 Å². The lowest BCUT2D eigenvalue weighted by molar-refractivity contribution is -0.0101. The first-order valence-corrected chi connectivity index (χ1v) is 6.37. The summed E-state index contributed by atoms with van der Waals surface area (Å²) in [5.74, 6) is 0. The van der Waals surface area contributed by atoms with Crippen LogP contribution in [0.2, 0.25) is 0 Å². The van der Waals surface area contributed by atoms with Gasteiger partial charge >= 0.3 is 0 Å². The van der Waals surface area contributed by atoms with E-state index in [-0.39, 0.29) is 0 Å². The van der Waals surface area contributed by atoms with Gasteiger partial charge in [-0.05, 0) is 32.9 Å². The first-order valence-electron chi connectivity index (χ1n) is 6.37. The third-order valence-electron chi connectivity index (χ3n) is 3.25. The molecule has 90 valence electrons. The van der Waals surface area contributed by atoms with Crippen LogP contribution in [-0.4, -0.2) is 49.8 Å². The van der Waals surface area contributed by atoms with Crippen molar-refractivity contribution in [2.45, 2.75) is 45.8 Å². The second-order valence-electron chi connectivity index (χ2n) is 4.23. The maximum atomic E-state index is 5.53. The van der Waals surface area contributed by atoms with Gasteiger partial charge in [-0.15, -0.1) is 0 Å². The summed E-state index contributed by atoms with van der Waals surface area (Å²) in [4.78, 5) is 2.45. The third kappa shape index (κ3) is 4.49. The molecule has 0 spiro atoms. The van der Waals surface area contributed by atoms with Gasteiger partial charge in [0.2, 0.25) is 0 Å². The van der Waals surface area contributed by atoms with Gasteiger partial charge in [-0.25, -0.2) is 0 Å². The molecule has 0 atom stereocenters. The van der Waals surface area contributed by atoms with Crippen molar-refractivity contribution in [3.8, 4) is 0 Å². The molecule has 0 bridgehead atoms. The largest absolute Gasteiger partial charge is 0.378 e. The fourth-order valence-electron chi connectivity index (χ4n) is 2.07. The third-order valence-corrected chi connectivity index (χ3v) is 3.25. The number of hydrogen-bond donors (Lipinski definition) is 1. The highest BCUT2D eigenvalue weighted by Gasteiger charge is 2.28. The molecule has 3 heteroatoms. The van der Waals surface area contributed by atoms with Crippen molar-refractivity contribution >= 4 is 0 Å². The van der Waals surface area contributed by atoms with Crippen molar-refractivity contribution in [3.63, 3.8) is 0 Å². The fourth-order valence-corrected chi connectivity index (χ4v) is 2.07. The summed E-state index contributed by atoms with van der Waals surface area (Å²) in [6, 6.07) is 0.706. The Kier molecular flexibility index (Phi) is 6.22. The Morgan fingerprint density at radius 2 is 1.87 bits per heavy atom. The van der Waals surface area contributed by atoms with Crippen LogP contribution < -0.4 is 5.32 Å². The molecular formula is C12H26N2O. The highest BCUT2D eigenvalue weighted by atomic mass is 16.5. The van der Waals surface area contributed by atoms with Gasteiger partial charge in [0, 0.05) is 25.7 Å². The van der Waals surface area contributed by atoms with Crippen molar-refractivity contribution in [2.24, 2.45) is 0 Å². The molecule has 3 nitrogen and oxygen atoms in total. The second kappa shape index (κ2) is 7.20. The van der Waals surface area contributed by atoms with Crippen LogP contribution in [-0.2, 0) is 4.74 Å². The SMILES string of the molecule is CCOC1CC(NCCN(CC)CC)C1. The summed E-state index contributed by atoms with van der Waals surface area (Å²) in [7, 11) is 0. The van der Waals surface area contributed by atoms with Crippen LogP contribution >= 0.6 is 0 Å². The Bertz CT molecular complexity index is 154. The lowest BCUT2D eigenvalue weighted by atomic mass is 9.89. The van der Waals surface area contributed by atoms with Gasteiger partial charge in [0.1, 0.15) is 0 Å². The van der Waals surface area contributed by atoms with Gasteiger partial charge < -0.3 is 15.0 Å². The van der Waals surface area contributed by atoms with Crippen molar-refractivity contribution in [1.29, 1.82) is 0 Å². The fraction of sp³-hybridized carbons (Fsp3) is 1.00. The number of hydrogen-bond acceptors (Lipinski definition) is 3. The molecule has 0 aliphatic heterocycles. The van der Waals surface area contributed by atoms with Crippen LogP contribution in [0.25, 0.3) is 0 Å². The van der Waals surface area contributed by atoms with Crippen LogP contribution in [0.3, 0.4) is 0 Å². The van der Waals surface area contributed by atoms with Crippen molar-refractivity contribution < 1.29 is 4.74 Å². The van der Waals surface area contributed by atoms with Gasteiger partial charge in [0.25, 0.3) is 0 Å². The summed E-state index contributed by atoms with van der Waals surface area (Å²) in [5.41, 5.74) is 0. The van der Waals surface area contributed by atoms with E-state index in [1.54, 1.807) is 0 Å². The monoisotopic (exact) mass is 214 g/mol. The zero-order chi connectivity index (χ0) is 11.1. The van der Waals surface area contributed by atoms with E-state index in [9.17, 15) is 0 Å². The Balaban J connectivity index is 1.94. The smallest absolute Gasteiger partial charge is 0.0604 e. The van der Waals surface area contributed by atoms with Crippen LogP contribution in [0.4, 0.5) is 0 Å². The first-order chi connectivity index (χ1) is 7.30. The molecule has 0 aromatic carbocycles. The van der Waals surface area contributed by atoms with Crippen molar-refractivity contribution in [3.05, 3.63) is 0 Å². The molecule has 1 N–H and O–H groups in total. The number of likely N-dealkylation sites (N-methyl/N-ethyl adjacent to an activating group) is 1. The average Bonchev–Trinajstić information content (AvgIpc) is 2.20. The van der Waals surface area contributed by atoms with E-state index < -0.39 is 0 Å². The molecule has 0 aromatic rings. The maximum Gasteiger partial charge on any atom is 0.0604 e. The molecule has 15 heavy (non-hydrogen) atoms. The minimum atomic E-state index is 0.529. The standard InChI is InChI=1S/C12H26N2O/c1-4-14(5-2)8-7-13-11-9-12(10-11)15-6-3/h11-13H,4-10H2,1-3H3. The zero-order valence-electron chi connectivity index (χ0n) is 10.5. The molecule has 0 saturated heterocycles. The van der Waals surface area contributed by atoms with Gasteiger partial charge in [0.15, 0.2) is 0 Å². The normalized spacial score (nSPS) is 25.6. The lowest BCUT2D eigenvalue weighted by Crippen LogP contribution is -2.47. The molecule has 1 saturated carbocycles. The number of rotatable bonds is 8. The van der Waals surface area contributed by atoms with Crippen molar-refractivity contribution in [2.75, 3.05) is 32.8 Å². The Hall–Kier alpha value is -0.120. The van der Waals surface area contributed by atoms with Crippen LogP contribution in [0.1, 0.15) is 33.6 Å². The summed E-state index contributed by atoms with van der Waals surface area (Å²) in [6.45, 7) is 12.0. The minimum absolute atomic E-state index is 0.529. The van der Waals surface area contributed by atoms with E-state index in [1.807, 2.05) is 0 Å². The van der Waals surface area contributed by atoms with Gasteiger partial charge in [-0.2, -0.15) is 0 Å². The number of nitrogens with one attached hydrogen (secondary N) is 1. The predicted molar refractivity (Wildman–Crippen MR) is 64.2 cm³/mol. The zero-order valence-corrected chi connectivity index (χ0v) is 10.5. The van der Waals surface area contributed by atoms with E-state index in [0.29, 0.717) is 12.1 Å². The summed E-state index contributed by atoms with van der Waals surface area (Å²) < 4.78 is 5.53. The minimum Gasteiger partial charge on any atom is -0.378 e. The summed E-state index contributed by atoms with van der Waals surface area (Å²) in [5, 5.41) is 3.58. The number of nitrogens with zero attached hydrogens (tertiary/aromatic N) is 1. The van der Waals surface area contributed by atoms with Gasteiger partial charge in [-0.3, -0.25) is 0 Å². The van der Waals surface area contributed by atoms with E-state index in [4.69, 9.17) is 4.74 Å². The van der Waals surface area contributed by atoms with E-state index >= 15 is 0 Å². The molecule has 1 rings (SSSR count). The first kappa shape index (κ1) is 12.9. The highest BCUT2D eigenvalue weighted by molar-refractivity contribution is 4.85.